The second kappa shape index (κ2) is 7.33. The molecule has 1 aromatic carbocycles. The molecular weight excluding hydrogens is 308 g/mol. The van der Waals surface area contributed by atoms with Crippen LogP contribution >= 0.6 is 0 Å². The number of carbonyl (C=O) groups excluding carboxylic acids is 3. The Kier molecular flexibility index (Phi) is 4.98. The number of nitrogens with zero attached hydrogens (tertiary/aromatic N) is 2. The van der Waals surface area contributed by atoms with Crippen LogP contribution < -0.4 is 15.8 Å². The van der Waals surface area contributed by atoms with Crippen molar-refractivity contribution in [2.75, 3.05) is 31.1 Å². The Bertz CT molecular complexity index is 646. The first kappa shape index (κ1) is 16.3. The van der Waals surface area contributed by atoms with Gasteiger partial charge in [0.25, 0.3) is 11.8 Å². The Labute approximate surface area is 141 Å². The summed E-state index contributed by atoms with van der Waals surface area (Å²) in [5.74, 6) is -0.660. The van der Waals surface area contributed by atoms with E-state index in [0.717, 1.165) is 31.5 Å². The summed E-state index contributed by atoms with van der Waals surface area (Å²) in [6, 6.07) is 8.06. The smallest absolute Gasteiger partial charge is 0.257 e. The molecule has 1 saturated heterocycles. The molecule has 24 heavy (non-hydrogen) atoms. The summed E-state index contributed by atoms with van der Waals surface area (Å²) in [7, 11) is 0. The summed E-state index contributed by atoms with van der Waals surface area (Å²) in [4.78, 5) is 38.9. The van der Waals surface area contributed by atoms with Gasteiger partial charge in [0.05, 0.1) is 6.54 Å². The van der Waals surface area contributed by atoms with Gasteiger partial charge in [-0.05, 0) is 30.9 Å². The third kappa shape index (κ3) is 3.84. The average molecular weight is 330 g/mol. The lowest BCUT2D eigenvalue weighted by molar-refractivity contribution is -0.134. The Morgan fingerprint density at radius 2 is 1.54 bits per heavy atom. The van der Waals surface area contributed by atoms with Crippen LogP contribution in [0.1, 0.15) is 24.8 Å². The SMILES string of the molecule is O=C(CN1CCCC1=O)NNC(=O)CN1CCCc2ccccc21. The summed E-state index contributed by atoms with van der Waals surface area (Å²) in [5.41, 5.74) is 7.14. The Hall–Kier alpha value is -2.57. The topological polar surface area (TPSA) is 81.8 Å². The molecule has 7 heteroatoms. The van der Waals surface area contributed by atoms with Crippen molar-refractivity contribution in [3.05, 3.63) is 29.8 Å². The van der Waals surface area contributed by atoms with Gasteiger partial charge in [-0.3, -0.25) is 25.2 Å². The maximum Gasteiger partial charge on any atom is 0.257 e. The number of anilines is 1. The standard InChI is InChI=1S/C17H22N4O3/c22-15(18-19-16(23)12-21-10-4-8-17(21)24)11-20-9-3-6-13-5-1-2-7-14(13)20/h1-2,5,7H,3-4,6,8-12H2,(H,18,22)(H,19,23). The maximum absolute atomic E-state index is 12.1. The first-order valence-electron chi connectivity index (χ1n) is 8.32. The molecule has 128 valence electrons. The summed E-state index contributed by atoms with van der Waals surface area (Å²) in [6.45, 7) is 1.61. The van der Waals surface area contributed by atoms with Crippen LogP contribution in [0, 0.1) is 0 Å². The third-order valence-electron chi connectivity index (χ3n) is 4.39. The highest BCUT2D eigenvalue weighted by molar-refractivity contribution is 5.88. The number of benzene rings is 1. The number of hydrazine groups is 1. The summed E-state index contributed by atoms with van der Waals surface area (Å²) >= 11 is 0. The summed E-state index contributed by atoms with van der Waals surface area (Å²) in [5, 5.41) is 0. The van der Waals surface area contributed by atoms with E-state index in [1.165, 1.54) is 10.5 Å². The molecule has 0 unspecified atom stereocenters. The van der Waals surface area contributed by atoms with Crippen LogP contribution in [0.3, 0.4) is 0 Å². The van der Waals surface area contributed by atoms with Crippen molar-refractivity contribution in [1.29, 1.82) is 0 Å². The zero-order valence-corrected chi connectivity index (χ0v) is 13.6. The lowest BCUT2D eigenvalue weighted by Crippen LogP contribution is -2.50. The molecule has 0 radical (unpaired) electrons. The number of amides is 3. The number of aryl methyl sites for hydroxylation is 1. The molecule has 3 rings (SSSR count). The molecule has 7 nitrogen and oxygen atoms in total. The monoisotopic (exact) mass is 330 g/mol. The van der Waals surface area contributed by atoms with Crippen molar-refractivity contribution >= 4 is 23.4 Å². The van der Waals surface area contributed by atoms with E-state index in [9.17, 15) is 14.4 Å². The largest absolute Gasteiger partial charge is 0.362 e. The summed E-state index contributed by atoms with van der Waals surface area (Å²) < 4.78 is 0. The molecule has 0 aromatic heterocycles. The van der Waals surface area contributed by atoms with Crippen LogP contribution in [0.15, 0.2) is 24.3 Å². The fourth-order valence-electron chi connectivity index (χ4n) is 3.21. The first-order chi connectivity index (χ1) is 11.6. The molecule has 2 heterocycles. The predicted octanol–water partition coefficient (Wildman–Crippen LogP) is 0.209. The highest BCUT2D eigenvalue weighted by Crippen LogP contribution is 2.26. The number of para-hydroxylation sites is 1. The van der Waals surface area contributed by atoms with Gasteiger partial charge in [0.2, 0.25) is 5.91 Å². The fourth-order valence-corrected chi connectivity index (χ4v) is 3.21. The van der Waals surface area contributed by atoms with Crippen molar-refractivity contribution in [1.82, 2.24) is 15.8 Å². The van der Waals surface area contributed by atoms with E-state index in [1.807, 2.05) is 23.1 Å². The Balaban J connectivity index is 1.46. The number of hydrogen-bond donors (Lipinski definition) is 2. The van der Waals surface area contributed by atoms with Crippen LogP contribution in [0.4, 0.5) is 5.69 Å². The molecule has 2 N–H and O–H groups in total. The van der Waals surface area contributed by atoms with Crippen LogP contribution in [-0.2, 0) is 20.8 Å². The molecule has 1 fully saturated rings. The molecule has 0 saturated carbocycles. The van der Waals surface area contributed by atoms with E-state index in [1.54, 1.807) is 0 Å². The lowest BCUT2D eigenvalue weighted by atomic mass is 10.0. The zero-order valence-electron chi connectivity index (χ0n) is 13.6. The van der Waals surface area contributed by atoms with Gasteiger partial charge in [0.1, 0.15) is 6.54 Å². The highest BCUT2D eigenvalue weighted by Gasteiger charge is 2.23. The van der Waals surface area contributed by atoms with Gasteiger partial charge in [0.15, 0.2) is 0 Å². The molecule has 0 atom stereocenters. The molecule has 0 aliphatic carbocycles. The zero-order chi connectivity index (χ0) is 16.9. The van der Waals surface area contributed by atoms with E-state index in [2.05, 4.69) is 16.9 Å². The van der Waals surface area contributed by atoms with Gasteiger partial charge >= 0.3 is 0 Å². The number of carbonyl (C=O) groups is 3. The van der Waals surface area contributed by atoms with Crippen LogP contribution in [0.25, 0.3) is 0 Å². The van der Waals surface area contributed by atoms with E-state index in [4.69, 9.17) is 0 Å². The van der Waals surface area contributed by atoms with Crippen LogP contribution in [-0.4, -0.2) is 48.8 Å². The van der Waals surface area contributed by atoms with Crippen LogP contribution in [0.5, 0.6) is 0 Å². The summed E-state index contributed by atoms with van der Waals surface area (Å²) in [6.07, 6.45) is 3.31. The Morgan fingerprint density at radius 1 is 0.917 bits per heavy atom. The minimum atomic E-state index is -0.377. The minimum absolute atomic E-state index is 0.00827. The van der Waals surface area contributed by atoms with Crippen molar-refractivity contribution < 1.29 is 14.4 Å². The number of rotatable bonds is 4. The lowest BCUT2D eigenvalue weighted by Gasteiger charge is -2.30. The van der Waals surface area contributed by atoms with Gasteiger partial charge in [-0.2, -0.15) is 0 Å². The van der Waals surface area contributed by atoms with Gasteiger partial charge in [0, 0.05) is 25.2 Å². The minimum Gasteiger partial charge on any atom is -0.362 e. The van der Waals surface area contributed by atoms with Gasteiger partial charge in [-0.15, -0.1) is 0 Å². The van der Waals surface area contributed by atoms with Crippen molar-refractivity contribution in [2.24, 2.45) is 0 Å². The first-order valence-corrected chi connectivity index (χ1v) is 8.32. The van der Waals surface area contributed by atoms with E-state index < -0.39 is 0 Å². The molecule has 3 amide bonds. The number of nitrogens with one attached hydrogen (secondary N) is 2. The van der Waals surface area contributed by atoms with Gasteiger partial charge in [-0.1, -0.05) is 18.2 Å². The molecule has 0 bridgehead atoms. The van der Waals surface area contributed by atoms with Gasteiger partial charge < -0.3 is 9.80 Å². The fraction of sp³-hybridized carbons (Fsp3) is 0.471. The van der Waals surface area contributed by atoms with E-state index >= 15 is 0 Å². The molecule has 2 aliphatic rings. The number of hydrogen-bond acceptors (Lipinski definition) is 4. The second-order valence-corrected chi connectivity index (χ2v) is 6.17. The predicted molar refractivity (Wildman–Crippen MR) is 89.1 cm³/mol. The van der Waals surface area contributed by atoms with Gasteiger partial charge in [-0.25, -0.2) is 0 Å². The second-order valence-electron chi connectivity index (χ2n) is 6.17. The van der Waals surface area contributed by atoms with Crippen molar-refractivity contribution in [2.45, 2.75) is 25.7 Å². The molecule has 2 aliphatic heterocycles. The van der Waals surface area contributed by atoms with E-state index in [-0.39, 0.29) is 30.8 Å². The quantitative estimate of drug-likeness (QED) is 0.773. The average Bonchev–Trinajstić information content (AvgIpc) is 2.98. The van der Waals surface area contributed by atoms with Crippen molar-refractivity contribution in [3.8, 4) is 0 Å². The number of likely N-dealkylation sites (tertiary alicyclic amines) is 1. The Morgan fingerprint density at radius 3 is 2.25 bits per heavy atom. The highest BCUT2D eigenvalue weighted by atomic mass is 16.2. The molecular formula is C17H22N4O3. The van der Waals surface area contributed by atoms with E-state index in [0.29, 0.717) is 13.0 Å². The molecule has 1 aromatic rings. The van der Waals surface area contributed by atoms with Crippen LogP contribution in [0.2, 0.25) is 0 Å². The van der Waals surface area contributed by atoms with Crippen molar-refractivity contribution in [3.63, 3.8) is 0 Å². The third-order valence-corrected chi connectivity index (χ3v) is 4.39. The normalized spacial score (nSPS) is 16.8. The number of fused-ring (bicyclic) bond motifs is 1. The maximum atomic E-state index is 12.1. The molecule has 0 spiro atoms.